The fraction of sp³-hybridized carbons (Fsp3) is 0.400. The van der Waals surface area contributed by atoms with Crippen molar-refractivity contribution in [3.63, 3.8) is 0 Å². The molecule has 0 spiro atoms. The second-order valence-electron chi connectivity index (χ2n) is 6.63. The van der Waals surface area contributed by atoms with Gasteiger partial charge in [-0.25, -0.2) is 13.1 Å². The SMILES string of the molecule is COc1ccc(C(CNS(=O)(=O)Cc2ccccc2)N2CCCC2)cc1. The van der Waals surface area contributed by atoms with Crippen molar-refractivity contribution >= 4 is 10.0 Å². The number of benzene rings is 2. The Bertz CT molecular complexity index is 786. The first-order valence-corrected chi connectivity index (χ1v) is 10.6. The average Bonchev–Trinajstić information content (AvgIpc) is 3.17. The Morgan fingerprint density at radius 2 is 1.69 bits per heavy atom. The molecule has 140 valence electrons. The van der Waals surface area contributed by atoms with E-state index < -0.39 is 10.0 Å². The molecule has 2 aromatic rings. The highest BCUT2D eigenvalue weighted by atomic mass is 32.2. The molecule has 0 saturated carbocycles. The van der Waals surface area contributed by atoms with Gasteiger partial charge in [-0.3, -0.25) is 4.90 Å². The third kappa shape index (κ3) is 5.06. The topological polar surface area (TPSA) is 58.6 Å². The van der Waals surface area contributed by atoms with E-state index in [0.29, 0.717) is 6.54 Å². The van der Waals surface area contributed by atoms with E-state index in [2.05, 4.69) is 9.62 Å². The third-order valence-electron chi connectivity index (χ3n) is 4.78. The Morgan fingerprint density at radius 3 is 2.31 bits per heavy atom. The van der Waals surface area contributed by atoms with Crippen LogP contribution in [0.15, 0.2) is 54.6 Å². The molecule has 1 atom stereocenters. The zero-order chi connectivity index (χ0) is 18.4. The summed E-state index contributed by atoms with van der Waals surface area (Å²) in [5.74, 6) is 0.807. The van der Waals surface area contributed by atoms with Crippen LogP contribution in [0, 0.1) is 0 Å². The molecule has 0 amide bonds. The van der Waals surface area contributed by atoms with Crippen LogP contribution in [0.3, 0.4) is 0 Å². The van der Waals surface area contributed by atoms with E-state index in [1.54, 1.807) is 7.11 Å². The zero-order valence-electron chi connectivity index (χ0n) is 15.1. The van der Waals surface area contributed by atoms with E-state index in [1.165, 1.54) is 0 Å². The highest BCUT2D eigenvalue weighted by Crippen LogP contribution is 2.26. The van der Waals surface area contributed by atoms with Crippen molar-refractivity contribution in [2.75, 3.05) is 26.7 Å². The molecular weight excluding hydrogens is 348 g/mol. The molecule has 1 heterocycles. The number of likely N-dealkylation sites (tertiary alicyclic amines) is 1. The fourth-order valence-corrected chi connectivity index (χ4v) is 4.53. The van der Waals surface area contributed by atoms with E-state index in [0.717, 1.165) is 42.8 Å². The molecule has 2 aromatic carbocycles. The lowest BCUT2D eigenvalue weighted by Crippen LogP contribution is -2.37. The Balaban J connectivity index is 1.71. The molecule has 3 rings (SSSR count). The smallest absolute Gasteiger partial charge is 0.215 e. The first-order valence-electron chi connectivity index (χ1n) is 8.97. The van der Waals surface area contributed by atoms with E-state index in [9.17, 15) is 8.42 Å². The van der Waals surface area contributed by atoms with Crippen LogP contribution in [0.2, 0.25) is 0 Å². The van der Waals surface area contributed by atoms with Gasteiger partial charge in [0.2, 0.25) is 10.0 Å². The Kier molecular flexibility index (Phi) is 6.29. The van der Waals surface area contributed by atoms with Gasteiger partial charge in [-0.1, -0.05) is 42.5 Å². The summed E-state index contributed by atoms with van der Waals surface area (Å²) in [4.78, 5) is 2.35. The van der Waals surface area contributed by atoms with E-state index in [1.807, 2.05) is 54.6 Å². The summed E-state index contributed by atoms with van der Waals surface area (Å²) in [6.45, 7) is 2.37. The van der Waals surface area contributed by atoms with Gasteiger partial charge in [0.1, 0.15) is 5.75 Å². The van der Waals surface area contributed by atoms with Gasteiger partial charge in [0, 0.05) is 12.6 Å². The van der Waals surface area contributed by atoms with Crippen molar-refractivity contribution in [2.45, 2.75) is 24.6 Å². The maximum absolute atomic E-state index is 12.5. The molecular formula is C20H26N2O3S. The first kappa shape index (κ1) is 18.9. The van der Waals surface area contributed by atoms with Crippen molar-refractivity contribution in [2.24, 2.45) is 0 Å². The third-order valence-corrected chi connectivity index (χ3v) is 6.10. The molecule has 0 aromatic heterocycles. The average molecular weight is 375 g/mol. The van der Waals surface area contributed by atoms with E-state index in [-0.39, 0.29) is 11.8 Å². The largest absolute Gasteiger partial charge is 0.497 e. The van der Waals surface area contributed by atoms with Crippen LogP contribution in [0.25, 0.3) is 0 Å². The van der Waals surface area contributed by atoms with Gasteiger partial charge in [0.25, 0.3) is 0 Å². The Hall–Kier alpha value is -1.89. The van der Waals surface area contributed by atoms with Gasteiger partial charge < -0.3 is 4.74 Å². The highest BCUT2D eigenvalue weighted by Gasteiger charge is 2.25. The lowest BCUT2D eigenvalue weighted by molar-refractivity contribution is 0.246. The molecule has 5 nitrogen and oxygen atoms in total. The predicted octanol–water partition coefficient (Wildman–Crippen LogP) is 2.95. The summed E-state index contributed by atoms with van der Waals surface area (Å²) < 4.78 is 33.0. The number of rotatable bonds is 8. The van der Waals surface area contributed by atoms with Crippen LogP contribution in [0.5, 0.6) is 5.75 Å². The second kappa shape index (κ2) is 8.66. The quantitative estimate of drug-likeness (QED) is 0.772. The lowest BCUT2D eigenvalue weighted by Gasteiger charge is -2.28. The summed E-state index contributed by atoms with van der Waals surface area (Å²) in [7, 11) is -1.74. The molecule has 1 saturated heterocycles. The summed E-state index contributed by atoms with van der Waals surface area (Å²) in [6, 6.07) is 17.2. The Morgan fingerprint density at radius 1 is 1.04 bits per heavy atom. The second-order valence-corrected chi connectivity index (χ2v) is 8.43. The van der Waals surface area contributed by atoms with Crippen molar-refractivity contribution in [3.8, 4) is 5.75 Å². The molecule has 1 unspecified atom stereocenters. The summed E-state index contributed by atoms with van der Waals surface area (Å²) in [5.41, 5.74) is 1.90. The van der Waals surface area contributed by atoms with Crippen LogP contribution in [0.4, 0.5) is 0 Å². The zero-order valence-corrected chi connectivity index (χ0v) is 15.9. The highest BCUT2D eigenvalue weighted by molar-refractivity contribution is 7.88. The van der Waals surface area contributed by atoms with E-state index >= 15 is 0 Å². The minimum absolute atomic E-state index is 0.00315. The van der Waals surface area contributed by atoms with Gasteiger partial charge in [0.05, 0.1) is 12.9 Å². The number of hydrogen-bond donors (Lipinski definition) is 1. The lowest BCUT2D eigenvalue weighted by atomic mass is 10.1. The molecule has 1 aliphatic heterocycles. The van der Waals surface area contributed by atoms with Gasteiger partial charge in [-0.15, -0.1) is 0 Å². The van der Waals surface area contributed by atoms with Crippen LogP contribution in [0.1, 0.15) is 30.0 Å². The molecule has 26 heavy (non-hydrogen) atoms. The number of sulfonamides is 1. The number of hydrogen-bond acceptors (Lipinski definition) is 4. The van der Waals surface area contributed by atoms with E-state index in [4.69, 9.17) is 4.74 Å². The summed E-state index contributed by atoms with van der Waals surface area (Å²) >= 11 is 0. The fourth-order valence-electron chi connectivity index (χ4n) is 3.39. The summed E-state index contributed by atoms with van der Waals surface area (Å²) in [5, 5.41) is 0. The predicted molar refractivity (Wildman–Crippen MR) is 104 cm³/mol. The van der Waals surface area contributed by atoms with Crippen molar-refractivity contribution < 1.29 is 13.2 Å². The van der Waals surface area contributed by atoms with Crippen molar-refractivity contribution in [1.82, 2.24) is 9.62 Å². The molecule has 1 aliphatic rings. The van der Waals surface area contributed by atoms with Crippen LogP contribution < -0.4 is 9.46 Å². The maximum atomic E-state index is 12.5. The Labute approximate surface area is 156 Å². The van der Waals surface area contributed by atoms with Gasteiger partial charge in [-0.2, -0.15) is 0 Å². The molecule has 6 heteroatoms. The maximum Gasteiger partial charge on any atom is 0.215 e. The van der Waals surface area contributed by atoms with Crippen molar-refractivity contribution in [3.05, 3.63) is 65.7 Å². The van der Waals surface area contributed by atoms with Gasteiger partial charge in [-0.05, 0) is 49.2 Å². The van der Waals surface area contributed by atoms with Crippen molar-refractivity contribution in [1.29, 1.82) is 0 Å². The molecule has 1 fully saturated rings. The summed E-state index contributed by atoms with van der Waals surface area (Å²) in [6.07, 6.45) is 2.31. The number of methoxy groups -OCH3 is 1. The minimum Gasteiger partial charge on any atom is -0.497 e. The van der Waals surface area contributed by atoms with Crippen LogP contribution in [-0.2, 0) is 15.8 Å². The number of nitrogens with one attached hydrogen (secondary N) is 1. The molecule has 0 radical (unpaired) electrons. The monoisotopic (exact) mass is 374 g/mol. The standard InChI is InChI=1S/C20H26N2O3S/c1-25-19-11-9-18(10-12-19)20(22-13-5-6-14-22)15-21-26(23,24)16-17-7-3-2-4-8-17/h2-4,7-12,20-21H,5-6,13-16H2,1H3. The molecule has 0 aliphatic carbocycles. The number of nitrogens with zero attached hydrogens (tertiary/aromatic N) is 1. The first-order chi connectivity index (χ1) is 12.6. The number of ether oxygens (including phenoxy) is 1. The van der Waals surface area contributed by atoms with Crippen LogP contribution in [-0.4, -0.2) is 40.1 Å². The van der Waals surface area contributed by atoms with Gasteiger partial charge in [0.15, 0.2) is 0 Å². The van der Waals surface area contributed by atoms with Gasteiger partial charge >= 0.3 is 0 Å². The van der Waals surface area contributed by atoms with Crippen LogP contribution >= 0.6 is 0 Å². The normalized spacial score (nSPS) is 16.5. The minimum atomic E-state index is -3.38. The molecule has 1 N–H and O–H groups in total. The molecule has 0 bridgehead atoms.